The highest BCUT2D eigenvalue weighted by Gasteiger charge is 2.33. The van der Waals surface area contributed by atoms with Crippen LogP contribution >= 0.6 is 11.6 Å². The Balaban J connectivity index is 1.82. The molecule has 1 saturated heterocycles. The van der Waals surface area contributed by atoms with E-state index in [1.54, 1.807) is 6.33 Å². The molecule has 0 spiro atoms. The molecule has 0 saturated carbocycles. The van der Waals surface area contributed by atoms with Gasteiger partial charge in [0.05, 0.1) is 10.6 Å². The van der Waals surface area contributed by atoms with Crippen LogP contribution in [0.5, 0.6) is 0 Å². The number of halogens is 4. The minimum absolute atomic E-state index is 0.0161. The van der Waals surface area contributed by atoms with Gasteiger partial charge in [0.15, 0.2) is 0 Å². The molecule has 9 heteroatoms. The Kier molecular flexibility index (Phi) is 4.67. The van der Waals surface area contributed by atoms with Crippen LogP contribution < -0.4 is 4.90 Å². The summed E-state index contributed by atoms with van der Waals surface area (Å²) >= 11 is 6.06. The fraction of sp³-hybridized carbons (Fsp3) is 0.533. The second kappa shape index (κ2) is 6.58. The molecule has 1 aliphatic heterocycles. The molecule has 1 unspecified atom stereocenters. The van der Waals surface area contributed by atoms with E-state index in [9.17, 15) is 13.2 Å². The van der Waals surface area contributed by atoms with Crippen LogP contribution in [-0.2, 0) is 12.7 Å². The number of aromatic nitrogens is 4. The van der Waals surface area contributed by atoms with Gasteiger partial charge in [0.1, 0.15) is 18.0 Å². The molecule has 0 bridgehead atoms. The number of aryl methyl sites for hydroxylation is 1. The molecule has 2 aromatic heterocycles. The maximum absolute atomic E-state index is 12.7. The van der Waals surface area contributed by atoms with Gasteiger partial charge in [-0.3, -0.25) is 0 Å². The molecule has 0 radical (unpaired) electrons. The van der Waals surface area contributed by atoms with Crippen LogP contribution in [0.4, 0.5) is 19.0 Å². The minimum Gasteiger partial charge on any atom is -0.355 e. The first kappa shape index (κ1) is 17.0. The predicted octanol–water partition coefficient (Wildman–Crippen LogP) is 3.75. The molecule has 0 N–H and O–H groups in total. The third-order valence-electron chi connectivity index (χ3n) is 4.22. The summed E-state index contributed by atoms with van der Waals surface area (Å²) in [5.74, 6) is 1.43. The number of hydrogen-bond acceptors (Lipinski definition) is 4. The normalized spacial score (nSPS) is 18.9. The van der Waals surface area contributed by atoms with Crippen molar-refractivity contribution in [2.24, 2.45) is 0 Å². The number of anilines is 1. The van der Waals surface area contributed by atoms with E-state index in [1.807, 2.05) is 16.4 Å². The average Bonchev–Trinajstić information content (AvgIpc) is 3.02. The highest BCUT2D eigenvalue weighted by molar-refractivity contribution is 6.33. The molecule has 0 amide bonds. The number of nitrogens with zero attached hydrogens (tertiary/aromatic N) is 5. The molecule has 0 aliphatic carbocycles. The third-order valence-corrected chi connectivity index (χ3v) is 4.50. The summed E-state index contributed by atoms with van der Waals surface area (Å²) in [5.41, 5.74) is -0.837. The number of rotatable bonds is 3. The molecular weight excluding hydrogens is 343 g/mol. The van der Waals surface area contributed by atoms with Gasteiger partial charge in [0, 0.05) is 31.7 Å². The van der Waals surface area contributed by atoms with Crippen LogP contribution in [0.1, 0.15) is 37.1 Å². The molecule has 24 heavy (non-hydrogen) atoms. The largest absolute Gasteiger partial charge is 0.417 e. The number of pyridine rings is 1. The van der Waals surface area contributed by atoms with Gasteiger partial charge >= 0.3 is 6.18 Å². The zero-order chi connectivity index (χ0) is 17.3. The molecule has 3 heterocycles. The minimum atomic E-state index is -4.45. The van der Waals surface area contributed by atoms with Crippen molar-refractivity contribution in [1.29, 1.82) is 0 Å². The van der Waals surface area contributed by atoms with E-state index in [1.165, 1.54) is 0 Å². The molecular formula is C15H17ClF3N5. The van der Waals surface area contributed by atoms with Gasteiger partial charge in [-0.1, -0.05) is 11.6 Å². The quantitative estimate of drug-likeness (QED) is 0.837. The summed E-state index contributed by atoms with van der Waals surface area (Å²) in [6, 6.07) is 0.933. The van der Waals surface area contributed by atoms with Crippen LogP contribution in [0.15, 0.2) is 18.6 Å². The number of hydrogen-bond donors (Lipinski definition) is 0. The molecule has 1 fully saturated rings. The van der Waals surface area contributed by atoms with Gasteiger partial charge in [-0.25, -0.2) is 4.98 Å². The number of alkyl halides is 3. The summed E-state index contributed by atoms with van der Waals surface area (Å²) < 4.78 is 40.2. The van der Waals surface area contributed by atoms with Crippen molar-refractivity contribution in [2.75, 3.05) is 18.0 Å². The van der Waals surface area contributed by atoms with Crippen molar-refractivity contribution >= 4 is 17.4 Å². The lowest BCUT2D eigenvalue weighted by atomic mass is 9.97. The van der Waals surface area contributed by atoms with Gasteiger partial charge in [0.2, 0.25) is 0 Å². The zero-order valence-electron chi connectivity index (χ0n) is 13.1. The summed E-state index contributed by atoms with van der Waals surface area (Å²) in [6.45, 7) is 4.10. The Morgan fingerprint density at radius 3 is 2.83 bits per heavy atom. The third kappa shape index (κ3) is 3.33. The first-order valence-corrected chi connectivity index (χ1v) is 8.13. The summed E-state index contributed by atoms with van der Waals surface area (Å²) in [5, 5.41) is 8.16. The molecule has 0 aromatic carbocycles. The molecule has 1 aliphatic rings. The maximum Gasteiger partial charge on any atom is 0.417 e. The van der Waals surface area contributed by atoms with E-state index < -0.39 is 11.7 Å². The lowest BCUT2D eigenvalue weighted by Gasteiger charge is -2.33. The van der Waals surface area contributed by atoms with E-state index in [0.717, 1.165) is 37.5 Å². The van der Waals surface area contributed by atoms with Gasteiger partial charge < -0.3 is 9.47 Å². The van der Waals surface area contributed by atoms with E-state index in [-0.39, 0.29) is 10.9 Å². The second-order valence-corrected chi connectivity index (χ2v) is 6.19. The lowest BCUT2D eigenvalue weighted by Crippen LogP contribution is -2.36. The van der Waals surface area contributed by atoms with Gasteiger partial charge in [-0.2, -0.15) is 13.2 Å². The monoisotopic (exact) mass is 359 g/mol. The lowest BCUT2D eigenvalue weighted by molar-refractivity contribution is -0.137. The predicted molar refractivity (Wildman–Crippen MR) is 84.1 cm³/mol. The molecule has 3 rings (SSSR count). The van der Waals surface area contributed by atoms with Crippen LogP contribution in [0, 0.1) is 0 Å². The van der Waals surface area contributed by atoms with Crippen molar-refractivity contribution in [1.82, 2.24) is 19.7 Å². The summed E-state index contributed by atoms with van der Waals surface area (Å²) in [4.78, 5) is 5.88. The smallest absolute Gasteiger partial charge is 0.355 e. The first-order valence-electron chi connectivity index (χ1n) is 7.75. The summed E-state index contributed by atoms with van der Waals surface area (Å²) in [7, 11) is 0. The first-order chi connectivity index (χ1) is 11.4. The molecule has 5 nitrogen and oxygen atoms in total. The Hall–Kier alpha value is -1.83. The van der Waals surface area contributed by atoms with Crippen LogP contribution in [-0.4, -0.2) is 32.8 Å². The SMILES string of the molecule is CCn1cnnc1C1CCCN(c2ncc(C(F)(F)F)cc2Cl)C1. The maximum atomic E-state index is 12.7. The van der Waals surface area contributed by atoms with Crippen molar-refractivity contribution in [3.05, 3.63) is 35.0 Å². The van der Waals surface area contributed by atoms with Crippen molar-refractivity contribution in [3.8, 4) is 0 Å². The Bertz CT molecular complexity index is 715. The average molecular weight is 360 g/mol. The molecule has 1 atom stereocenters. The van der Waals surface area contributed by atoms with E-state index in [0.29, 0.717) is 18.9 Å². The van der Waals surface area contributed by atoms with Gasteiger partial charge in [-0.05, 0) is 25.8 Å². The van der Waals surface area contributed by atoms with Crippen LogP contribution in [0.3, 0.4) is 0 Å². The Morgan fingerprint density at radius 1 is 1.38 bits per heavy atom. The number of piperidine rings is 1. The van der Waals surface area contributed by atoms with Gasteiger partial charge in [0.25, 0.3) is 0 Å². The molecule has 130 valence electrons. The highest BCUT2D eigenvalue weighted by atomic mass is 35.5. The highest BCUT2D eigenvalue weighted by Crippen LogP contribution is 2.35. The van der Waals surface area contributed by atoms with Crippen molar-refractivity contribution in [2.45, 2.75) is 38.4 Å². The zero-order valence-corrected chi connectivity index (χ0v) is 13.8. The van der Waals surface area contributed by atoms with Crippen molar-refractivity contribution < 1.29 is 13.2 Å². The van der Waals surface area contributed by atoms with Crippen molar-refractivity contribution in [3.63, 3.8) is 0 Å². The van der Waals surface area contributed by atoms with Gasteiger partial charge in [-0.15, -0.1) is 10.2 Å². The second-order valence-electron chi connectivity index (χ2n) is 5.79. The van der Waals surface area contributed by atoms with Crippen LogP contribution in [0.25, 0.3) is 0 Å². The Labute approximate surface area is 142 Å². The standard InChI is InChI=1S/C15H17ClF3N5/c1-2-23-9-21-22-13(23)10-4-3-5-24(8-10)14-12(16)6-11(7-20-14)15(17,18)19/h6-7,9-10H,2-5,8H2,1H3. The topological polar surface area (TPSA) is 46.8 Å². The van der Waals surface area contributed by atoms with Crippen LogP contribution in [0.2, 0.25) is 5.02 Å². The summed E-state index contributed by atoms with van der Waals surface area (Å²) in [6.07, 6.45) is -0.0815. The van der Waals surface area contributed by atoms with E-state index in [2.05, 4.69) is 15.2 Å². The fourth-order valence-corrected chi connectivity index (χ4v) is 3.31. The van der Waals surface area contributed by atoms with E-state index >= 15 is 0 Å². The molecule has 2 aromatic rings. The van der Waals surface area contributed by atoms with E-state index in [4.69, 9.17) is 11.6 Å². The fourth-order valence-electron chi connectivity index (χ4n) is 3.02. The Morgan fingerprint density at radius 2 is 2.17 bits per heavy atom.